The van der Waals surface area contributed by atoms with E-state index in [0.717, 1.165) is 10.9 Å². The first-order valence-corrected chi connectivity index (χ1v) is 3.69. The molecule has 0 bridgehead atoms. The maximum absolute atomic E-state index is 11.1. The van der Waals surface area contributed by atoms with Gasteiger partial charge in [0.25, 0.3) is 0 Å². The molecule has 0 saturated carbocycles. The zero-order valence-electron chi connectivity index (χ0n) is 6.94. The second-order valence-electron chi connectivity index (χ2n) is 2.51. The predicted molar refractivity (Wildman–Crippen MR) is 45.2 cm³/mol. The molecule has 0 radical (unpaired) electrons. The number of esters is 1. The second kappa shape index (κ2) is 2.85. The van der Waals surface area contributed by atoms with Gasteiger partial charge in [0.1, 0.15) is 11.2 Å². The predicted octanol–water partition coefficient (Wildman–Crippen LogP) is 0.744. The molecule has 0 amide bonds. The third-order valence-corrected chi connectivity index (χ3v) is 1.71. The minimum atomic E-state index is -0.442. The average molecular weight is 177 g/mol. The molecule has 0 atom stereocenters. The van der Waals surface area contributed by atoms with Crippen molar-refractivity contribution in [2.75, 3.05) is 7.11 Å². The molecule has 0 spiro atoms. The maximum Gasteiger partial charge on any atom is 0.356 e. The molecule has 0 aliphatic heterocycles. The zero-order chi connectivity index (χ0) is 9.26. The van der Waals surface area contributed by atoms with E-state index in [1.54, 1.807) is 12.3 Å². The maximum atomic E-state index is 11.1. The molecule has 66 valence electrons. The molecule has 0 aliphatic rings. The van der Waals surface area contributed by atoms with Gasteiger partial charge in [0.2, 0.25) is 0 Å². The molecular weight excluding hydrogens is 170 g/mol. The van der Waals surface area contributed by atoms with Gasteiger partial charge < -0.3 is 4.74 Å². The second-order valence-corrected chi connectivity index (χ2v) is 2.51. The lowest BCUT2D eigenvalue weighted by molar-refractivity contribution is 0.0594. The van der Waals surface area contributed by atoms with Gasteiger partial charge in [-0.05, 0) is 6.07 Å². The number of hydrogen-bond donors (Lipinski definition) is 1. The number of carbonyl (C=O) groups excluding carboxylic acids is 1. The van der Waals surface area contributed by atoms with E-state index in [9.17, 15) is 4.79 Å². The van der Waals surface area contributed by atoms with Crippen LogP contribution in [0.5, 0.6) is 0 Å². The van der Waals surface area contributed by atoms with Crippen LogP contribution in [-0.4, -0.2) is 28.3 Å². The number of hydrogen-bond acceptors (Lipinski definition) is 4. The number of nitrogens with one attached hydrogen (secondary N) is 1. The number of fused-ring (bicyclic) bond motifs is 1. The van der Waals surface area contributed by atoms with E-state index in [-0.39, 0.29) is 5.69 Å². The SMILES string of the molecule is COC(=O)c1cc2c[nH]nc2cn1. The van der Waals surface area contributed by atoms with Gasteiger partial charge in [-0.2, -0.15) is 5.10 Å². The van der Waals surface area contributed by atoms with E-state index in [0.29, 0.717) is 0 Å². The Morgan fingerprint density at radius 1 is 1.62 bits per heavy atom. The van der Waals surface area contributed by atoms with Crippen molar-refractivity contribution in [2.45, 2.75) is 0 Å². The van der Waals surface area contributed by atoms with E-state index < -0.39 is 5.97 Å². The minimum absolute atomic E-state index is 0.288. The molecule has 13 heavy (non-hydrogen) atoms. The van der Waals surface area contributed by atoms with Crippen molar-refractivity contribution >= 4 is 16.9 Å². The number of methoxy groups -OCH3 is 1. The summed E-state index contributed by atoms with van der Waals surface area (Å²) in [6, 6.07) is 1.63. The molecule has 2 aromatic rings. The number of H-pyrrole nitrogens is 1. The van der Waals surface area contributed by atoms with Gasteiger partial charge in [-0.25, -0.2) is 9.78 Å². The van der Waals surface area contributed by atoms with Crippen molar-refractivity contribution in [3.63, 3.8) is 0 Å². The summed E-state index contributed by atoms with van der Waals surface area (Å²) in [5, 5.41) is 7.43. The highest BCUT2D eigenvalue weighted by Crippen LogP contribution is 2.10. The molecule has 0 unspecified atom stereocenters. The summed E-state index contributed by atoms with van der Waals surface area (Å²) in [5.41, 5.74) is 1.02. The fourth-order valence-corrected chi connectivity index (χ4v) is 1.06. The Hall–Kier alpha value is -1.91. The largest absolute Gasteiger partial charge is 0.464 e. The molecule has 2 rings (SSSR count). The Bertz CT molecular complexity index is 449. The first kappa shape index (κ1) is 7.72. The van der Waals surface area contributed by atoms with Crippen molar-refractivity contribution in [2.24, 2.45) is 0 Å². The van der Waals surface area contributed by atoms with Crippen molar-refractivity contribution in [3.05, 3.63) is 24.2 Å². The molecule has 0 aromatic carbocycles. The molecule has 2 aromatic heterocycles. The van der Waals surface area contributed by atoms with E-state index in [2.05, 4.69) is 19.9 Å². The number of pyridine rings is 1. The highest BCUT2D eigenvalue weighted by molar-refractivity contribution is 5.91. The third kappa shape index (κ3) is 1.24. The van der Waals surface area contributed by atoms with Crippen molar-refractivity contribution < 1.29 is 9.53 Å². The van der Waals surface area contributed by atoms with Gasteiger partial charge in [0, 0.05) is 11.6 Å². The summed E-state index contributed by atoms with van der Waals surface area (Å²) in [4.78, 5) is 15.0. The monoisotopic (exact) mass is 177 g/mol. The Labute approximate surface area is 73.7 Å². The topological polar surface area (TPSA) is 67.9 Å². The molecule has 0 fully saturated rings. The van der Waals surface area contributed by atoms with Crippen LogP contribution in [-0.2, 0) is 4.74 Å². The van der Waals surface area contributed by atoms with Crippen LogP contribution in [0.2, 0.25) is 0 Å². The number of rotatable bonds is 1. The van der Waals surface area contributed by atoms with Crippen LogP contribution < -0.4 is 0 Å². The summed E-state index contributed by atoms with van der Waals surface area (Å²) in [6.07, 6.45) is 3.22. The summed E-state index contributed by atoms with van der Waals surface area (Å²) < 4.78 is 4.53. The summed E-state index contributed by atoms with van der Waals surface area (Å²) in [6.45, 7) is 0. The number of carbonyl (C=O) groups is 1. The Morgan fingerprint density at radius 3 is 3.23 bits per heavy atom. The lowest BCUT2D eigenvalue weighted by Crippen LogP contribution is -2.03. The van der Waals surface area contributed by atoms with Gasteiger partial charge in [0.15, 0.2) is 0 Å². The normalized spacial score (nSPS) is 10.2. The minimum Gasteiger partial charge on any atom is -0.464 e. The quantitative estimate of drug-likeness (QED) is 0.652. The van der Waals surface area contributed by atoms with Crippen LogP contribution in [0.3, 0.4) is 0 Å². The van der Waals surface area contributed by atoms with Gasteiger partial charge in [-0.1, -0.05) is 0 Å². The summed E-state index contributed by atoms with van der Waals surface area (Å²) >= 11 is 0. The Kier molecular flexibility index (Phi) is 1.70. The highest BCUT2D eigenvalue weighted by atomic mass is 16.5. The molecule has 5 nitrogen and oxygen atoms in total. The molecular formula is C8H7N3O2. The Morgan fingerprint density at radius 2 is 2.46 bits per heavy atom. The number of nitrogens with zero attached hydrogens (tertiary/aromatic N) is 2. The number of aromatic amines is 1. The average Bonchev–Trinajstić information content (AvgIpc) is 2.63. The first-order valence-electron chi connectivity index (χ1n) is 3.69. The van der Waals surface area contributed by atoms with Gasteiger partial charge in [0.05, 0.1) is 13.3 Å². The van der Waals surface area contributed by atoms with E-state index in [4.69, 9.17) is 0 Å². The van der Waals surface area contributed by atoms with Crippen LogP contribution in [0.1, 0.15) is 10.5 Å². The zero-order valence-corrected chi connectivity index (χ0v) is 6.94. The molecule has 0 aliphatic carbocycles. The van der Waals surface area contributed by atoms with Gasteiger partial charge in [-0.15, -0.1) is 0 Å². The van der Waals surface area contributed by atoms with Crippen LogP contribution in [0.4, 0.5) is 0 Å². The van der Waals surface area contributed by atoms with Crippen molar-refractivity contribution in [1.29, 1.82) is 0 Å². The fraction of sp³-hybridized carbons (Fsp3) is 0.125. The molecule has 5 heteroatoms. The van der Waals surface area contributed by atoms with E-state index in [1.807, 2.05) is 0 Å². The lowest BCUT2D eigenvalue weighted by Gasteiger charge is -1.96. The number of aromatic nitrogens is 3. The highest BCUT2D eigenvalue weighted by Gasteiger charge is 2.07. The molecule has 2 heterocycles. The van der Waals surface area contributed by atoms with Crippen molar-refractivity contribution in [1.82, 2.24) is 15.2 Å². The first-order chi connectivity index (χ1) is 6.31. The Balaban J connectivity index is 2.54. The fourth-order valence-electron chi connectivity index (χ4n) is 1.06. The summed E-state index contributed by atoms with van der Waals surface area (Å²) in [7, 11) is 1.32. The van der Waals surface area contributed by atoms with E-state index in [1.165, 1.54) is 13.3 Å². The smallest absolute Gasteiger partial charge is 0.356 e. The van der Waals surface area contributed by atoms with Crippen molar-refractivity contribution in [3.8, 4) is 0 Å². The molecule has 1 N–H and O–H groups in total. The van der Waals surface area contributed by atoms with E-state index >= 15 is 0 Å². The standard InChI is InChI=1S/C8H7N3O2/c1-13-8(12)6-2-5-3-10-11-7(5)4-9-6/h2-4H,1H3,(H,10,11). The molecule has 0 saturated heterocycles. The van der Waals surface area contributed by atoms with Crippen LogP contribution in [0.15, 0.2) is 18.5 Å². The van der Waals surface area contributed by atoms with Gasteiger partial charge in [-0.3, -0.25) is 5.10 Å². The van der Waals surface area contributed by atoms with Gasteiger partial charge >= 0.3 is 5.97 Å². The third-order valence-electron chi connectivity index (χ3n) is 1.71. The van der Waals surface area contributed by atoms with Crippen LogP contribution in [0.25, 0.3) is 10.9 Å². The van der Waals surface area contributed by atoms with Crippen LogP contribution in [0, 0.1) is 0 Å². The number of ether oxygens (including phenoxy) is 1. The summed E-state index contributed by atoms with van der Waals surface area (Å²) in [5.74, 6) is -0.442. The van der Waals surface area contributed by atoms with Crippen LogP contribution >= 0.6 is 0 Å². The lowest BCUT2D eigenvalue weighted by atomic mass is 10.3.